The maximum atomic E-state index is 13.1. The van der Waals surface area contributed by atoms with E-state index in [0.29, 0.717) is 36.8 Å². The second-order valence-electron chi connectivity index (χ2n) is 5.62. The highest BCUT2D eigenvalue weighted by Crippen LogP contribution is 2.35. The van der Waals surface area contributed by atoms with Gasteiger partial charge in [0.05, 0.1) is 19.0 Å². The molecule has 0 spiro atoms. The maximum absolute atomic E-state index is 13.1. The minimum atomic E-state index is -0.940. The largest absolute Gasteiger partial charge is 0.339 e. The predicted molar refractivity (Wildman–Crippen MR) is 66.1 cm³/mol. The van der Waals surface area contributed by atoms with E-state index in [1.165, 1.54) is 17.7 Å². The molecule has 19 heavy (non-hydrogen) atoms. The summed E-state index contributed by atoms with van der Waals surface area (Å²) in [6.45, 7) is 0.584. The number of hydrogen-bond acceptors (Lipinski definition) is 3. The topological polar surface area (TPSA) is 60.9 Å². The molecule has 2 aliphatic rings. The van der Waals surface area contributed by atoms with Crippen LogP contribution in [0.25, 0.3) is 0 Å². The van der Waals surface area contributed by atoms with Crippen LogP contribution in [0, 0.1) is 11.8 Å². The monoisotopic (exact) mass is 272 g/mol. The van der Waals surface area contributed by atoms with Crippen molar-refractivity contribution in [2.45, 2.75) is 38.3 Å². The molecule has 6 heteroatoms. The van der Waals surface area contributed by atoms with Crippen molar-refractivity contribution in [2.75, 3.05) is 19.6 Å². The van der Waals surface area contributed by atoms with Gasteiger partial charge in [0.2, 0.25) is 12.3 Å². The van der Waals surface area contributed by atoms with Crippen molar-refractivity contribution >= 4 is 12.3 Å². The molecule has 1 saturated heterocycles. The minimum absolute atomic E-state index is 0.00249. The van der Waals surface area contributed by atoms with Crippen LogP contribution in [0.4, 0.5) is 4.39 Å². The minimum Gasteiger partial charge on any atom is -0.339 e. The van der Waals surface area contributed by atoms with E-state index >= 15 is 0 Å². The average molecular weight is 272 g/mol. The molecule has 1 aliphatic carbocycles. The van der Waals surface area contributed by atoms with Crippen LogP contribution in [-0.2, 0) is 9.59 Å². The first kappa shape index (κ1) is 14.2. The normalized spacial score (nSPS) is 24.3. The summed E-state index contributed by atoms with van der Waals surface area (Å²) in [5, 5.41) is 9.79. The lowest BCUT2D eigenvalue weighted by atomic mass is 9.99. The average Bonchev–Trinajstić information content (AvgIpc) is 3.13. The first-order chi connectivity index (χ1) is 9.10. The van der Waals surface area contributed by atoms with Crippen LogP contribution in [0.3, 0.4) is 0 Å². The van der Waals surface area contributed by atoms with E-state index in [1.807, 2.05) is 0 Å². The molecule has 5 nitrogen and oxygen atoms in total. The van der Waals surface area contributed by atoms with Gasteiger partial charge in [0.25, 0.3) is 0 Å². The molecule has 1 aliphatic heterocycles. The Bertz CT molecular complexity index is 336. The molecule has 0 radical (unpaired) electrons. The summed E-state index contributed by atoms with van der Waals surface area (Å²) in [6.07, 6.45) is 3.75. The number of likely N-dealkylation sites (tertiary alicyclic amines) is 1. The van der Waals surface area contributed by atoms with Crippen molar-refractivity contribution in [2.24, 2.45) is 11.8 Å². The molecule has 1 N–H and O–H groups in total. The lowest BCUT2D eigenvalue weighted by molar-refractivity contribution is -0.156. The lowest BCUT2D eigenvalue weighted by Crippen LogP contribution is -2.39. The summed E-state index contributed by atoms with van der Waals surface area (Å²) >= 11 is 0. The summed E-state index contributed by atoms with van der Waals surface area (Å²) in [7, 11) is 0. The Labute approximate surface area is 112 Å². The van der Waals surface area contributed by atoms with Gasteiger partial charge in [-0.25, -0.2) is 9.45 Å². The Morgan fingerprint density at radius 2 is 2.21 bits per heavy atom. The molecular formula is C13H21FN2O3. The number of carbonyl (C=O) groups is 2. The number of halogens is 1. The Morgan fingerprint density at radius 1 is 1.47 bits per heavy atom. The first-order valence-electron chi connectivity index (χ1n) is 6.93. The molecule has 2 fully saturated rings. The van der Waals surface area contributed by atoms with Gasteiger partial charge in [-0.15, -0.1) is 0 Å². The number of carbonyl (C=O) groups excluding carboxylic acids is 2. The van der Waals surface area contributed by atoms with Crippen LogP contribution < -0.4 is 0 Å². The van der Waals surface area contributed by atoms with Crippen molar-refractivity contribution in [1.29, 1.82) is 0 Å². The highest BCUT2D eigenvalue weighted by atomic mass is 19.1. The van der Waals surface area contributed by atoms with Gasteiger partial charge >= 0.3 is 0 Å². The predicted octanol–water partition coefficient (Wildman–Crippen LogP) is 1.21. The van der Waals surface area contributed by atoms with Crippen LogP contribution in [0.5, 0.6) is 0 Å². The van der Waals surface area contributed by atoms with Crippen molar-refractivity contribution in [3.05, 3.63) is 0 Å². The number of hydrogen-bond donors (Lipinski definition) is 1. The quantitative estimate of drug-likeness (QED) is 0.430. The molecule has 0 bridgehead atoms. The Kier molecular flexibility index (Phi) is 4.74. The SMILES string of the molecule is O=CN(O)CC(CCC1CC1)C(=O)N1CCC(F)C1. The molecule has 0 aromatic rings. The molecule has 0 aromatic heterocycles. The van der Waals surface area contributed by atoms with Crippen LogP contribution in [-0.4, -0.2) is 53.3 Å². The summed E-state index contributed by atoms with van der Waals surface area (Å²) in [4.78, 5) is 24.3. The number of nitrogens with zero attached hydrogens (tertiary/aromatic N) is 2. The van der Waals surface area contributed by atoms with Crippen molar-refractivity contribution in [1.82, 2.24) is 9.96 Å². The molecule has 2 amide bonds. The van der Waals surface area contributed by atoms with E-state index < -0.39 is 12.1 Å². The van der Waals surface area contributed by atoms with E-state index in [2.05, 4.69) is 0 Å². The van der Waals surface area contributed by atoms with E-state index in [1.54, 1.807) is 0 Å². The zero-order chi connectivity index (χ0) is 13.8. The fourth-order valence-electron chi connectivity index (χ4n) is 2.58. The number of rotatable bonds is 7. The van der Waals surface area contributed by atoms with Crippen molar-refractivity contribution in [3.63, 3.8) is 0 Å². The molecule has 2 unspecified atom stereocenters. The van der Waals surface area contributed by atoms with E-state index in [-0.39, 0.29) is 19.0 Å². The highest BCUT2D eigenvalue weighted by molar-refractivity contribution is 5.79. The van der Waals surface area contributed by atoms with Gasteiger partial charge in [0, 0.05) is 6.54 Å². The second-order valence-corrected chi connectivity index (χ2v) is 5.62. The smallest absolute Gasteiger partial charge is 0.233 e. The fourth-order valence-corrected chi connectivity index (χ4v) is 2.58. The van der Waals surface area contributed by atoms with Gasteiger partial charge in [-0.1, -0.05) is 12.8 Å². The third-order valence-electron chi connectivity index (χ3n) is 3.94. The van der Waals surface area contributed by atoms with Gasteiger partial charge in [-0.05, 0) is 25.2 Å². The summed E-state index contributed by atoms with van der Waals surface area (Å²) in [5.74, 6) is 0.133. The molecule has 2 rings (SSSR count). The lowest BCUT2D eigenvalue weighted by Gasteiger charge is -2.24. The van der Waals surface area contributed by atoms with Crippen LogP contribution >= 0.6 is 0 Å². The fraction of sp³-hybridized carbons (Fsp3) is 0.846. The molecule has 1 heterocycles. The molecule has 1 saturated carbocycles. The van der Waals surface area contributed by atoms with Gasteiger partial charge < -0.3 is 4.90 Å². The molecule has 0 aromatic carbocycles. The van der Waals surface area contributed by atoms with Crippen LogP contribution in [0.15, 0.2) is 0 Å². The first-order valence-corrected chi connectivity index (χ1v) is 6.93. The van der Waals surface area contributed by atoms with Gasteiger partial charge in [-0.2, -0.15) is 0 Å². The van der Waals surface area contributed by atoms with Gasteiger partial charge in [0.1, 0.15) is 6.17 Å². The van der Waals surface area contributed by atoms with Crippen molar-refractivity contribution in [3.8, 4) is 0 Å². The van der Waals surface area contributed by atoms with Crippen LogP contribution in [0.2, 0.25) is 0 Å². The maximum Gasteiger partial charge on any atom is 0.233 e. The molecular weight excluding hydrogens is 251 g/mol. The molecule has 108 valence electrons. The Morgan fingerprint density at radius 3 is 2.74 bits per heavy atom. The summed E-state index contributed by atoms with van der Waals surface area (Å²) in [6, 6.07) is 0. The number of hydroxylamine groups is 2. The number of amides is 2. The standard InChI is InChI=1S/C13H21FN2O3/c14-12-5-6-15(8-12)13(18)11(7-16(19)9-17)4-3-10-1-2-10/h9-12,19H,1-8H2. The Hall–Kier alpha value is -1.17. The summed E-state index contributed by atoms with van der Waals surface area (Å²) in [5.41, 5.74) is 0. The third kappa shape index (κ3) is 4.16. The second kappa shape index (κ2) is 6.32. The number of alkyl halides is 1. The van der Waals surface area contributed by atoms with E-state index in [4.69, 9.17) is 0 Å². The zero-order valence-corrected chi connectivity index (χ0v) is 11.0. The van der Waals surface area contributed by atoms with Gasteiger partial charge in [-0.3, -0.25) is 14.8 Å². The van der Waals surface area contributed by atoms with Crippen LogP contribution in [0.1, 0.15) is 32.1 Å². The van der Waals surface area contributed by atoms with Gasteiger partial charge in [0.15, 0.2) is 0 Å². The van der Waals surface area contributed by atoms with Crippen molar-refractivity contribution < 1.29 is 19.2 Å². The van der Waals surface area contributed by atoms with E-state index in [9.17, 15) is 19.2 Å². The Balaban J connectivity index is 1.89. The van der Waals surface area contributed by atoms with E-state index in [0.717, 1.165) is 6.42 Å². The summed E-state index contributed by atoms with van der Waals surface area (Å²) < 4.78 is 13.1. The molecule has 2 atom stereocenters. The highest BCUT2D eigenvalue weighted by Gasteiger charge is 2.33. The third-order valence-corrected chi connectivity index (χ3v) is 3.94. The zero-order valence-electron chi connectivity index (χ0n) is 11.0.